The summed E-state index contributed by atoms with van der Waals surface area (Å²) in [6.07, 6.45) is 3.76. The van der Waals surface area contributed by atoms with E-state index in [1.54, 1.807) is 0 Å². The van der Waals surface area contributed by atoms with E-state index in [0.29, 0.717) is 0 Å². The highest BCUT2D eigenvalue weighted by Gasteiger charge is 2.28. The van der Waals surface area contributed by atoms with Crippen molar-refractivity contribution in [2.45, 2.75) is 45.1 Å². The van der Waals surface area contributed by atoms with Gasteiger partial charge in [0.1, 0.15) is 5.54 Å². The van der Waals surface area contributed by atoms with Crippen molar-refractivity contribution in [2.75, 3.05) is 5.32 Å². The number of anilines is 1. The van der Waals surface area contributed by atoms with Crippen molar-refractivity contribution in [3.63, 3.8) is 0 Å². The first-order valence-corrected chi connectivity index (χ1v) is 6.90. The summed E-state index contributed by atoms with van der Waals surface area (Å²) >= 11 is 3.51. The van der Waals surface area contributed by atoms with E-state index in [-0.39, 0.29) is 0 Å². The van der Waals surface area contributed by atoms with Crippen molar-refractivity contribution in [3.8, 4) is 6.07 Å². The van der Waals surface area contributed by atoms with E-state index in [2.05, 4.69) is 41.2 Å². The average Bonchev–Trinajstić information content (AvgIpc) is 2.33. The van der Waals surface area contributed by atoms with E-state index >= 15 is 0 Å². The third kappa shape index (κ3) is 3.74. The van der Waals surface area contributed by atoms with Gasteiger partial charge in [-0.05, 0) is 40.9 Å². The zero-order valence-electron chi connectivity index (χ0n) is 10.5. The Morgan fingerprint density at radius 1 is 1.24 bits per heavy atom. The van der Waals surface area contributed by atoms with Crippen LogP contribution in [-0.2, 0) is 0 Å². The first-order chi connectivity index (χ1) is 8.17. The highest BCUT2D eigenvalue weighted by molar-refractivity contribution is 9.10. The zero-order valence-corrected chi connectivity index (χ0v) is 12.0. The maximum absolute atomic E-state index is 9.46. The van der Waals surface area contributed by atoms with Crippen molar-refractivity contribution in [1.82, 2.24) is 0 Å². The molecule has 0 amide bonds. The van der Waals surface area contributed by atoms with Crippen LogP contribution >= 0.6 is 15.9 Å². The number of nitrogens with one attached hydrogen (secondary N) is 1. The number of benzene rings is 1. The van der Waals surface area contributed by atoms with E-state index < -0.39 is 5.54 Å². The Morgan fingerprint density at radius 2 is 1.82 bits per heavy atom. The Labute approximate surface area is 112 Å². The van der Waals surface area contributed by atoms with Crippen LogP contribution in [0.4, 0.5) is 5.69 Å². The molecule has 0 bridgehead atoms. The first-order valence-electron chi connectivity index (χ1n) is 6.11. The van der Waals surface area contributed by atoms with Gasteiger partial charge in [-0.1, -0.05) is 38.8 Å². The Morgan fingerprint density at radius 3 is 2.29 bits per heavy atom. The van der Waals surface area contributed by atoms with Crippen molar-refractivity contribution < 1.29 is 0 Å². The number of hydrogen-bond donors (Lipinski definition) is 1. The number of para-hydroxylation sites is 1. The molecule has 92 valence electrons. The topological polar surface area (TPSA) is 35.8 Å². The second-order valence-electron chi connectivity index (χ2n) is 4.30. The fourth-order valence-corrected chi connectivity index (χ4v) is 2.45. The second-order valence-corrected chi connectivity index (χ2v) is 5.15. The predicted molar refractivity (Wildman–Crippen MR) is 75.9 cm³/mol. The lowest BCUT2D eigenvalue weighted by Crippen LogP contribution is -2.36. The van der Waals surface area contributed by atoms with Crippen LogP contribution in [0.5, 0.6) is 0 Å². The molecule has 0 aliphatic rings. The maximum Gasteiger partial charge on any atom is 0.125 e. The van der Waals surface area contributed by atoms with Gasteiger partial charge < -0.3 is 5.32 Å². The lowest BCUT2D eigenvalue weighted by atomic mass is 9.90. The van der Waals surface area contributed by atoms with Gasteiger partial charge in [0.05, 0.1) is 6.07 Å². The molecule has 17 heavy (non-hydrogen) atoms. The van der Waals surface area contributed by atoms with Gasteiger partial charge in [0.15, 0.2) is 0 Å². The monoisotopic (exact) mass is 294 g/mol. The van der Waals surface area contributed by atoms with Gasteiger partial charge in [0.25, 0.3) is 0 Å². The Hall–Kier alpha value is -1.01. The standard InChI is InChI=1S/C14H19BrN2/c1-3-9-14(11-16,10-4-2)17-13-8-6-5-7-12(13)15/h5-8,17H,3-4,9-10H2,1-2H3. The minimum absolute atomic E-state index is 0.437. The molecule has 1 N–H and O–H groups in total. The molecule has 1 aromatic rings. The number of nitriles is 1. The van der Waals surface area contributed by atoms with E-state index in [1.165, 1.54) is 0 Å². The van der Waals surface area contributed by atoms with Gasteiger partial charge in [-0.3, -0.25) is 0 Å². The predicted octanol–water partition coefficient (Wildman–Crippen LogP) is 4.72. The molecule has 1 aromatic carbocycles. The van der Waals surface area contributed by atoms with Gasteiger partial charge >= 0.3 is 0 Å². The van der Waals surface area contributed by atoms with Crippen LogP contribution < -0.4 is 5.32 Å². The minimum atomic E-state index is -0.437. The molecule has 0 spiro atoms. The smallest absolute Gasteiger partial charge is 0.125 e. The van der Waals surface area contributed by atoms with Gasteiger partial charge in [-0.2, -0.15) is 5.26 Å². The molecular weight excluding hydrogens is 276 g/mol. The second kappa shape index (κ2) is 6.66. The van der Waals surface area contributed by atoms with Crippen molar-refractivity contribution in [1.29, 1.82) is 5.26 Å². The van der Waals surface area contributed by atoms with Crippen LogP contribution in [0.2, 0.25) is 0 Å². The molecule has 0 fully saturated rings. The average molecular weight is 295 g/mol. The third-order valence-electron chi connectivity index (χ3n) is 2.82. The summed E-state index contributed by atoms with van der Waals surface area (Å²) in [5.74, 6) is 0. The Bertz CT molecular complexity index is 389. The SMILES string of the molecule is CCCC(C#N)(CCC)Nc1ccccc1Br. The van der Waals surface area contributed by atoms with Crippen molar-refractivity contribution in [2.24, 2.45) is 0 Å². The van der Waals surface area contributed by atoms with Gasteiger partial charge in [-0.15, -0.1) is 0 Å². The molecule has 0 saturated heterocycles. The van der Waals surface area contributed by atoms with E-state index in [9.17, 15) is 5.26 Å². The molecule has 0 atom stereocenters. The number of nitrogens with zero attached hydrogens (tertiary/aromatic N) is 1. The van der Waals surface area contributed by atoms with Crippen LogP contribution in [0.25, 0.3) is 0 Å². The fourth-order valence-electron chi connectivity index (χ4n) is 2.06. The van der Waals surface area contributed by atoms with Crippen LogP contribution in [0.15, 0.2) is 28.7 Å². The van der Waals surface area contributed by atoms with Crippen LogP contribution in [0.3, 0.4) is 0 Å². The van der Waals surface area contributed by atoms with Crippen LogP contribution in [-0.4, -0.2) is 5.54 Å². The molecular formula is C14H19BrN2. The Kier molecular flexibility index (Phi) is 5.50. The molecule has 1 rings (SSSR count). The molecule has 0 radical (unpaired) electrons. The zero-order chi connectivity index (χ0) is 12.7. The van der Waals surface area contributed by atoms with E-state index in [4.69, 9.17) is 0 Å². The van der Waals surface area contributed by atoms with Gasteiger partial charge in [0.2, 0.25) is 0 Å². The Balaban J connectivity index is 2.94. The summed E-state index contributed by atoms with van der Waals surface area (Å²) in [5, 5.41) is 12.9. The molecule has 0 unspecified atom stereocenters. The van der Waals surface area contributed by atoms with Crippen LogP contribution in [0.1, 0.15) is 39.5 Å². The molecule has 0 aliphatic heterocycles. The van der Waals surface area contributed by atoms with E-state index in [0.717, 1.165) is 35.8 Å². The highest BCUT2D eigenvalue weighted by atomic mass is 79.9. The highest BCUT2D eigenvalue weighted by Crippen LogP contribution is 2.29. The number of rotatable bonds is 6. The van der Waals surface area contributed by atoms with Crippen molar-refractivity contribution >= 4 is 21.6 Å². The molecule has 0 aromatic heterocycles. The van der Waals surface area contributed by atoms with Gasteiger partial charge in [-0.25, -0.2) is 0 Å². The molecule has 0 saturated carbocycles. The normalized spacial score (nSPS) is 10.9. The third-order valence-corrected chi connectivity index (χ3v) is 3.51. The van der Waals surface area contributed by atoms with Gasteiger partial charge in [0, 0.05) is 10.2 Å². The first kappa shape index (κ1) is 14.1. The molecule has 0 aliphatic carbocycles. The minimum Gasteiger partial charge on any atom is -0.366 e. The number of halogens is 1. The summed E-state index contributed by atoms with van der Waals surface area (Å²) in [5.41, 5.74) is 0.559. The number of hydrogen-bond acceptors (Lipinski definition) is 2. The molecule has 0 heterocycles. The summed E-state index contributed by atoms with van der Waals surface area (Å²) < 4.78 is 1.01. The lowest BCUT2D eigenvalue weighted by Gasteiger charge is -2.29. The summed E-state index contributed by atoms with van der Waals surface area (Å²) in [4.78, 5) is 0. The quantitative estimate of drug-likeness (QED) is 0.824. The van der Waals surface area contributed by atoms with Crippen LogP contribution in [0, 0.1) is 11.3 Å². The molecule has 3 heteroatoms. The lowest BCUT2D eigenvalue weighted by molar-refractivity contribution is 0.486. The molecule has 2 nitrogen and oxygen atoms in total. The van der Waals surface area contributed by atoms with Crippen molar-refractivity contribution in [3.05, 3.63) is 28.7 Å². The summed E-state index contributed by atoms with van der Waals surface area (Å²) in [6, 6.07) is 10.4. The summed E-state index contributed by atoms with van der Waals surface area (Å²) in [7, 11) is 0. The van der Waals surface area contributed by atoms with E-state index in [1.807, 2.05) is 24.3 Å². The fraction of sp³-hybridized carbons (Fsp3) is 0.500. The summed E-state index contributed by atoms with van der Waals surface area (Å²) in [6.45, 7) is 4.23. The maximum atomic E-state index is 9.46. The largest absolute Gasteiger partial charge is 0.366 e.